The van der Waals surface area contributed by atoms with Gasteiger partial charge in [-0.3, -0.25) is 4.79 Å². The highest BCUT2D eigenvalue weighted by atomic mass is 16.6. The molecule has 0 bridgehead atoms. The molecule has 2 fully saturated rings. The topological polar surface area (TPSA) is 71.8 Å². The van der Waals surface area contributed by atoms with Crippen LogP contribution in [0.4, 0.5) is 4.79 Å². The van der Waals surface area contributed by atoms with Crippen LogP contribution < -0.4 is 5.56 Å². The SMILES string of the molecule is CC(C)(C)OC(=O)N1CCC(O)(Cn2ccc(-c3ccccc3)cc2=O)C2(CCCC2)C1. The number of piperidine rings is 1. The van der Waals surface area contributed by atoms with Crippen molar-refractivity contribution < 1.29 is 14.6 Å². The summed E-state index contributed by atoms with van der Waals surface area (Å²) in [5.74, 6) is 0. The lowest BCUT2D eigenvalue weighted by atomic mass is 9.66. The van der Waals surface area contributed by atoms with E-state index in [1.807, 2.05) is 57.2 Å². The number of pyridine rings is 1. The minimum absolute atomic E-state index is 0.123. The van der Waals surface area contributed by atoms with E-state index in [1.165, 1.54) is 0 Å². The molecule has 0 radical (unpaired) electrons. The van der Waals surface area contributed by atoms with Crippen LogP contribution in [0.1, 0.15) is 52.9 Å². The van der Waals surface area contributed by atoms with E-state index in [0.717, 1.165) is 36.8 Å². The summed E-state index contributed by atoms with van der Waals surface area (Å²) in [6.45, 7) is 6.72. The van der Waals surface area contributed by atoms with Crippen molar-refractivity contribution in [2.75, 3.05) is 13.1 Å². The van der Waals surface area contributed by atoms with E-state index in [-0.39, 0.29) is 18.2 Å². The van der Waals surface area contributed by atoms with Crippen LogP contribution in [0.3, 0.4) is 0 Å². The maximum absolute atomic E-state index is 12.9. The summed E-state index contributed by atoms with van der Waals surface area (Å²) in [6, 6.07) is 13.4. The number of hydrogen-bond donors (Lipinski definition) is 1. The van der Waals surface area contributed by atoms with Gasteiger partial charge in [-0.2, -0.15) is 0 Å². The molecule has 1 N–H and O–H groups in total. The molecule has 172 valence electrons. The van der Waals surface area contributed by atoms with Gasteiger partial charge in [-0.05, 0) is 57.2 Å². The summed E-state index contributed by atoms with van der Waals surface area (Å²) in [5, 5.41) is 11.9. The van der Waals surface area contributed by atoms with Gasteiger partial charge in [-0.15, -0.1) is 0 Å². The molecule has 1 aromatic carbocycles. The van der Waals surface area contributed by atoms with Gasteiger partial charge in [0.25, 0.3) is 5.56 Å². The Morgan fingerprint density at radius 2 is 1.75 bits per heavy atom. The molecule has 2 heterocycles. The second kappa shape index (κ2) is 8.39. The first kappa shape index (κ1) is 22.6. The number of benzene rings is 1. The second-order valence-corrected chi connectivity index (χ2v) is 10.4. The van der Waals surface area contributed by atoms with E-state index in [9.17, 15) is 14.7 Å². The summed E-state index contributed by atoms with van der Waals surface area (Å²) in [7, 11) is 0. The van der Waals surface area contributed by atoms with Crippen molar-refractivity contribution in [3.8, 4) is 11.1 Å². The highest BCUT2D eigenvalue weighted by Gasteiger charge is 2.56. The fourth-order valence-electron chi connectivity index (χ4n) is 5.31. The molecule has 1 amide bonds. The molecule has 32 heavy (non-hydrogen) atoms. The maximum Gasteiger partial charge on any atom is 0.410 e. The average molecular weight is 439 g/mol. The fourth-order valence-corrected chi connectivity index (χ4v) is 5.31. The van der Waals surface area contributed by atoms with Gasteiger partial charge in [-0.25, -0.2) is 4.79 Å². The van der Waals surface area contributed by atoms with E-state index in [2.05, 4.69) is 0 Å². The van der Waals surface area contributed by atoms with Crippen molar-refractivity contribution in [2.24, 2.45) is 5.41 Å². The summed E-state index contributed by atoms with van der Waals surface area (Å²) in [4.78, 5) is 27.4. The lowest BCUT2D eigenvalue weighted by Crippen LogP contribution is -2.62. The molecule has 1 aliphatic carbocycles. The predicted molar refractivity (Wildman–Crippen MR) is 124 cm³/mol. The minimum Gasteiger partial charge on any atom is -0.444 e. The Morgan fingerprint density at radius 3 is 2.38 bits per heavy atom. The zero-order chi connectivity index (χ0) is 23.0. The number of carbonyl (C=O) groups excluding carboxylic acids is 1. The molecule has 1 aliphatic heterocycles. The molecular weight excluding hydrogens is 404 g/mol. The molecule has 1 saturated carbocycles. The number of aromatic nitrogens is 1. The molecule has 6 nitrogen and oxygen atoms in total. The number of likely N-dealkylation sites (tertiary alicyclic amines) is 1. The molecule has 1 atom stereocenters. The number of nitrogens with zero attached hydrogens (tertiary/aromatic N) is 2. The van der Waals surface area contributed by atoms with E-state index in [1.54, 1.807) is 21.7 Å². The number of hydrogen-bond acceptors (Lipinski definition) is 4. The Morgan fingerprint density at radius 1 is 1.06 bits per heavy atom. The van der Waals surface area contributed by atoms with E-state index < -0.39 is 16.6 Å². The fraction of sp³-hybridized carbons (Fsp3) is 0.538. The highest BCUT2D eigenvalue weighted by Crippen LogP contribution is 2.51. The van der Waals surface area contributed by atoms with Crippen molar-refractivity contribution in [2.45, 2.75) is 70.6 Å². The van der Waals surface area contributed by atoms with Gasteiger partial charge in [0.2, 0.25) is 0 Å². The van der Waals surface area contributed by atoms with Crippen LogP contribution in [-0.2, 0) is 11.3 Å². The number of amides is 1. The third kappa shape index (κ3) is 4.46. The third-order valence-electron chi connectivity index (χ3n) is 7.02. The van der Waals surface area contributed by atoms with Crippen LogP contribution in [0.15, 0.2) is 53.5 Å². The van der Waals surface area contributed by atoms with Crippen LogP contribution in [0.25, 0.3) is 11.1 Å². The molecule has 6 heteroatoms. The van der Waals surface area contributed by atoms with E-state index in [4.69, 9.17) is 4.74 Å². The lowest BCUT2D eigenvalue weighted by molar-refractivity contribution is -0.140. The molecule has 2 aromatic rings. The molecule has 1 spiro atoms. The van der Waals surface area contributed by atoms with E-state index in [0.29, 0.717) is 19.5 Å². The summed E-state index contributed by atoms with van der Waals surface area (Å²) < 4.78 is 7.21. The molecule has 2 aliphatic rings. The van der Waals surface area contributed by atoms with Gasteiger partial charge in [0, 0.05) is 30.8 Å². The molecular formula is C26H34N2O4. The number of ether oxygens (including phenoxy) is 1. The van der Waals surface area contributed by atoms with Crippen molar-refractivity contribution >= 4 is 6.09 Å². The predicted octanol–water partition coefficient (Wildman–Crippen LogP) is 4.45. The first-order valence-electron chi connectivity index (χ1n) is 11.6. The van der Waals surface area contributed by atoms with Gasteiger partial charge in [0.1, 0.15) is 5.60 Å². The van der Waals surface area contributed by atoms with Gasteiger partial charge in [0.15, 0.2) is 0 Å². The number of aliphatic hydroxyl groups is 1. The zero-order valence-corrected chi connectivity index (χ0v) is 19.3. The van der Waals surface area contributed by atoms with Crippen LogP contribution in [0.5, 0.6) is 0 Å². The van der Waals surface area contributed by atoms with Gasteiger partial charge >= 0.3 is 6.09 Å². The molecule has 1 aromatic heterocycles. The van der Waals surface area contributed by atoms with Crippen LogP contribution in [0.2, 0.25) is 0 Å². The number of carbonyl (C=O) groups is 1. The minimum atomic E-state index is -1.04. The maximum atomic E-state index is 12.9. The first-order valence-corrected chi connectivity index (χ1v) is 11.6. The van der Waals surface area contributed by atoms with Crippen molar-refractivity contribution in [3.05, 3.63) is 59.0 Å². The van der Waals surface area contributed by atoms with Crippen molar-refractivity contribution in [1.82, 2.24) is 9.47 Å². The average Bonchev–Trinajstić information content (AvgIpc) is 3.21. The summed E-state index contributed by atoms with van der Waals surface area (Å²) in [5.41, 5.74) is -0.272. The summed E-state index contributed by atoms with van der Waals surface area (Å²) >= 11 is 0. The summed E-state index contributed by atoms with van der Waals surface area (Å²) in [6.07, 6.45) is 5.62. The smallest absolute Gasteiger partial charge is 0.410 e. The third-order valence-corrected chi connectivity index (χ3v) is 7.02. The quantitative estimate of drug-likeness (QED) is 0.769. The molecule has 1 saturated heterocycles. The number of rotatable bonds is 3. The lowest BCUT2D eigenvalue weighted by Gasteiger charge is -2.52. The Bertz CT molecular complexity index is 1020. The zero-order valence-electron chi connectivity index (χ0n) is 19.3. The van der Waals surface area contributed by atoms with E-state index >= 15 is 0 Å². The molecule has 4 rings (SSSR count). The highest BCUT2D eigenvalue weighted by molar-refractivity contribution is 5.68. The normalized spacial score (nSPS) is 22.8. The van der Waals surface area contributed by atoms with Gasteiger partial charge in [0.05, 0.1) is 12.1 Å². The standard InChI is InChI=1S/C26H34N2O4/c1-24(2,3)32-23(30)28-16-14-26(31,25(18-28)12-7-8-13-25)19-27-15-11-21(17-22(27)29)20-9-5-4-6-10-20/h4-6,9-11,15,17,31H,7-8,12-14,16,18-19H2,1-3H3. The Kier molecular flexibility index (Phi) is 5.93. The monoisotopic (exact) mass is 438 g/mol. The van der Waals surface area contributed by atoms with Crippen LogP contribution >= 0.6 is 0 Å². The van der Waals surface area contributed by atoms with Crippen molar-refractivity contribution in [3.63, 3.8) is 0 Å². The Labute approximate surface area is 189 Å². The Balaban J connectivity index is 1.57. The Hall–Kier alpha value is -2.60. The van der Waals surface area contributed by atoms with Gasteiger partial charge in [-0.1, -0.05) is 43.2 Å². The van der Waals surface area contributed by atoms with Crippen molar-refractivity contribution in [1.29, 1.82) is 0 Å². The van der Waals surface area contributed by atoms with Gasteiger partial charge < -0.3 is 19.3 Å². The largest absolute Gasteiger partial charge is 0.444 e. The second-order valence-electron chi connectivity index (χ2n) is 10.4. The molecule has 1 unspecified atom stereocenters. The first-order chi connectivity index (χ1) is 15.1. The van der Waals surface area contributed by atoms with Crippen LogP contribution in [-0.4, -0.2) is 45.0 Å². The van der Waals surface area contributed by atoms with Crippen LogP contribution in [0, 0.1) is 5.41 Å².